The van der Waals surface area contributed by atoms with Crippen molar-refractivity contribution < 1.29 is 9.80 Å². The van der Waals surface area contributed by atoms with Crippen LogP contribution >= 0.6 is 11.8 Å². The molecule has 0 radical (unpaired) electrons. The zero-order chi connectivity index (χ0) is 15.2. The van der Waals surface area contributed by atoms with Crippen LogP contribution in [-0.4, -0.2) is 23.0 Å². The third-order valence-corrected chi connectivity index (χ3v) is 4.01. The maximum Gasteiger partial charge on any atom is 0.355 e. The molecule has 1 aliphatic rings. The normalized spacial score (nSPS) is 21.0. The van der Waals surface area contributed by atoms with Crippen LogP contribution in [0.1, 0.15) is 32.8 Å². The fraction of sp³-hybridized carbons (Fsp3) is 0.438. The number of hydrogen-bond acceptors (Lipinski definition) is 4. The predicted octanol–water partition coefficient (Wildman–Crippen LogP) is 2.43. The van der Waals surface area contributed by atoms with E-state index in [1.807, 2.05) is 38.3 Å². The molecule has 2 rings (SSSR count). The summed E-state index contributed by atoms with van der Waals surface area (Å²) >= 11 is 1.48. The van der Waals surface area contributed by atoms with Crippen LogP contribution in [0.3, 0.4) is 0 Å². The van der Waals surface area contributed by atoms with Crippen molar-refractivity contribution in [2.24, 2.45) is 16.0 Å². The number of hydrogen-bond donors (Lipinski definition) is 1. The number of aryl methyl sites for hydroxylation is 1. The molecule has 1 heterocycles. The molecule has 0 spiro atoms. The van der Waals surface area contributed by atoms with Gasteiger partial charge in [0.15, 0.2) is 0 Å². The van der Waals surface area contributed by atoms with Crippen LogP contribution in [-0.2, 0) is 11.2 Å². The molecule has 1 aromatic carbocycles. The lowest BCUT2D eigenvalue weighted by Crippen LogP contribution is -3.10. The Bertz CT molecular complexity index is 566. The zero-order valence-electron chi connectivity index (χ0n) is 12.8. The molecule has 0 aromatic heterocycles. The van der Waals surface area contributed by atoms with Gasteiger partial charge < -0.3 is 0 Å². The Kier molecular flexibility index (Phi) is 5.70. The second kappa shape index (κ2) is 7.52. The fourth-order valence-corrected chi connectivity index (χ4v) is 2.91. The third-order valence-electron chi connectivity index (χ3n) is 3.04. The number of amides is 1. The predicted molar refractivity (Wildman–Crippen MR) is 89.3 cm³/mol. The van der Waals surface area contributed by atoms with Crippen molar-refractivity contribution in [2.75, 3.05) is 5.75 Å². The maximum absolute atomic E-state index is 11.9. The van der Waals surface area contributed by atoms with Crippen LogP contribution in [0.4, 0.5) is 5.69 Å². The molecule has 1 atom stereocenters. The molecule has 1 N–H and O–H groups in total. The Morgan fingerprint density at radius 1 is 1.38 bits per heavy atom. The van der Waals surface area contributed by atoms with Crippen molar-refractivity contribution in [2.45, 2.75) is 33.6 Å². The summed E-state index contributed by atoms with van der Waals surface area (Å²) in [5, 5.41) is 5.61. The molecule has 1 aromatic rings. The van der Waals surface area contributed by atoms with Gasteiger partial charge in [-0.3, -0.25) is 0 Å². The standard InChI is InChI=1S/C16H21N3OS/c1-4-7-13-8-5-6-9-14(13)18-16-19(15(20)11-21-16)17-10-12(2)3/h5-6,8-10,12H,4,7,11H2,1-3H3/p+1/b17-10+,18-16?. The molecule has 4 nitrogen and oxygen atoms in total. The fourth-order valence-electron chi connectivity index (χ4n) is 2.04. The van der Waals surface area contributed by atoms with E-state index in [2.05, 4.69) is 18.1 Å². The maximum atomic E-state index is 11.9. The highest BCUT2D eigenvalue weighted by Gasteiger charge is 2.35. The van der Waals surface area contributed by atoms with Crippen molar-refractivity contribution in [3.8, 4) is 0 Å². The van der Waals surface area contributed by atoms with Crippen LogP contribution in [0.15, 0.2) is 34.4 Å². The first kappa shape index (κ1) is 15.9. The summed E-state index contributed by atoms with van der Waals surface area (Å²) in [4.78, 5) is 16.6. The quantitative estimate of drug-likeness (QED) is 0.849. The molecule has 0 aliphatic carbocycles. The minimum atomic E-state index is 0.0728. The van der Waals surface area contributed by atoms with Gasteiger partial charge in [0.25, 0.3) is 5.17 Å². The first-order valence-corrected chi connectivity index (χ1v) is 8.34. The molecule has 1 aliphatic heterocycles. The van der Waals surface area contributed by atoms with Gasteiger partial charge in [0.05, 0.1) is 11.9 Å². The average Bonchev–Trinajstić information content (AvgIpc) is 2.79. The van der Waals surface area contributed by atoms with Crippen molar-refractivity contribution >= 4 is 34.7 Å². The van der Waals surface area contributed by atoms with E-state index < -0.39 is 0 Å². The van der Waals surface area contributed by atoms with Crippen molar-refractivity contribution in [3.63, 3.8) is 0 Å². The summed E-state index contributed by atoms with van der Waals surface area (Å²) in [7, 11) is 0. The summed E-state index contributed by atoms with van der Waals surface area (Å²) in [6.07, 6.45) is 3.89. The largest absolute Gasteiger partial charge is 0.355 e. The van der Waals surface area contributed by atoms with E-state index in [4.69, 9.17) is 4.99 Å². The number of carbonyl (C=O) groups is 1. The Morgan fingerprint density at radius 2 is 2.14 bits per heavy atom. The van der Waals surface area contributed by atoms with E-state index in [9.17, 15) is 4.79 Å². The second-order valence-corrected chi connectivity index (χ2v) is 6.34. The number of quaternary nitrogens is 1. The highest BCUT2D eigenvalue weighted by molar-refractivity contribution is 8.14. The lowest BCUT2D eigenvalue weighted by atomic mass is 10.1. The molecule has 0 saturated carbocycles. The summed E-state index contributed by atoms with van der Waals surface area (Å²) < 4.78 is 0. The summed E-state index contributed by atoms with van der Waals surface area (Å²) in [6.45, 7) is 6.25. The number of carbonyl (C=O) groups excluding carboxylic acids is 1. The van der Waals surface area contributed by atoms with Gasteiger partial charge in [0, 0.05) is 0 Å². The van der Waals surface area contributed by atoms with Crippen molar-refractivity contribution in [3.05, 3.63) is 29.8 Å². The zero-order valence-corrected chi connectivity index (χ0v) is 13.6. The minimum absolute atomic E-state index is 0.0728. The number of nitrogens with one attached hydrogen (secondary N) is 1. The molecule has 1 unspecified atom stereocenters. The summed E-state index contributed by atoms with van der Waals surface area (Å²) in [5.41, 5.74) is 2.17. The van der Waals surface area contributed by atoms with E-state index in [0.717, 1.165) is 23.7 Å². The minimum Gasteiger partial charge on any atom is -0.227 e. The molecule has 1 fully saturated rings. The molecule has 112 valence electrons. The van der Waals surface area contributed by atoms with Crippen molar-refractivity contribution in [1.29, 1.82) is 0 Å². The van der Waals surface area contributed by atoms with Crippen LogP contribution in [0.25, 0.3) is 0 Å². The number of thioether (sulfide) groups is 1. The topological polar surface area (TPSA) is 46.2 Å². The van der Waals surface area contributed by atoms with Gasteiger partial charge >= 0.3 is 5.91 Å². The molecular weight excluding hydrogens is 282 g/mol. The Hall–Kier alpha value is -1.46. The van der Waals surface area contributed by atoms with Crippen LogP contribution in [0.5, 0.6) is 0 Å². The van der Waals surface area contributed by atoms with Gasteiger partial charge in [-0.25, -0.2) is 4.79 Å². The molecule has 0 bridgehead atoms. The van der Waals surface area contributed by atoms with E-state index in [1.165, 1.54) is 17.3 Å². The average molecular weight is 304 g/mol. The van der Waals surface area contributed by atoms with E-state index >= 15 is 0 Å². The van der Waals surface area contributed by atoms with Gasteiger partial charge in [-0.2, -0.15) is 4.99 Å². The van der Waals surface area contributed by atoms with Gasteiger partial charge in [-0.05, 0) is 35.7 Å². The monoisotopic (exact) mass is 304 g/mol. The number of rotatable bonds is 5. The molecule has 1 saturated heterocycles. The third kappa shape index (κ3) is 4.25. The Balaban J connectivity index is 2.29. The second-order valence-electron chi connectivity index (χ2n) is 5.38. The summed E-state index contributed by atoms with van der Waals surface area (Å²) in [6, 6.07) is 8.12. The number of benzene rings is 1. The van der Waals surface area contributed by atoms with Gasteiger partial charge in [0.2, 0.25) is 0 Å². The first-order chi connectivity index (χ1) is 10.1. The summed E-state index contributed by atoms with van der Waals surface area (Å²) in [5.74, 6) is 0.840. The first-order valence-electron chi connectivity index (χ1n) is 7.36. The van der Waals surface area contributed by atoms with Crippen LogP contribution in [0.2, 0.25) is 0 Å². The molecular formula is C16H22N3OS+. The van der Waals surface area contributed by atoms with E-state index in [0.29, 0.717) is 16.7 Å². The van der Waals surface area contributed by atoms with Gasteiger partial charge in [0.1, 0.15) is 5.75 Å². The smallest absolute Gasteiger partial charge is 0.227 e. The van der Waals surface area contributed by atoms with Crippen LogP contribution in [0, 0.1) is 5.92 Å². The number of para-hydroxylation sites is 1. The lowest BCUT2D eigenvalue weighted by Gasteiger charge is -2.06. The highest BCUT2D eigenvalue weighted by atomic mass is 32.2. The molecule has 21 heavy (non-hydrogen) atoms. The van der Waals surface area contributed by atoms with E-state index in [-0.39, 0.29) is 5.91 Å². The SMILES string of the molecule is CCCc1ccccc1N=C1SCC(=O)[NH+]1/N=C/C(C)C. The Labute approximate surface area is 130 Å². The lowest BCUT2D eigenvalue weighted by molar-refractivity contribution is -0.719. The Morgan fingerprint density at radius 3 is 2.86 bits per heavy atom. The molecule has 1 amide bonds. The van der Waals surface area contributed by atoms with Gasteiger partial charge in [-0.1, -0.05) is 55.5 Å². The number of amidine groups is 1. The number of aliphatic imine (C=N–C) groups is 1. The number of nitrogens with zero attached hydrogens (tertiary/aromatic N) is 2. The van der Waals surface area contributed by atoms with E-state index in [1.54, 1.807) is 0 Å². The highest BCUT2D eigenvalue weighted by Crippen LogP contribution is 2.22. The van der Waals surface area contributed by atoms with Gasteiger partial charge in [-0.15, -0.1) is 0 Å². The van der Waals surface area contributed by atoms with Crippen LogP contribution < -0.4 is 5.01 Å². The van der Waals surface area contributed by atoms with Crippen molar-refractivity contribution in [1.82, 2.24) is 0 Å². The molecule has 5 heteroatoms.